The van der Waals surface area contributed by atoms with Crippen LogP contribution in [0.2, 0.25) is 0 Å². The number of para-hydroxylation sites is 1. The Kier molecular flexibility index (Phi) is 7.61. The first-order valence-electron chi connectivity index (χ1n) is 15.3. The number of ether oxygens (including phenoxy) is 2. The summed E-state index contributed by atoms with van der Waals surface area (Å²) in [6, 6.07) is 20.6. The molecule has 220 valence electrons. The Balaban J connectivity index is 1.77. The van der Waals surface area contributed by atoms with E-state index in [0.717, 1.165) is 69.9 Å². The minimum absolute atomic E-state index is 0.347. The minimum atomic E-state index is -1.26. The quantitative estimate of drug-likeness (QED) is 0.208. The normalized spacial score (nSPS) is 17.3. The molecule has 6 nitrogen and oxygen atoms in total. The highest BCUT2D eigenvalue weighted by Gasteiger charge is 2.54. The molecule has 3 aromatic carbocycles. The van der Waals surface area contributed by atoms with Gasteiger partial charge in [-0.1, -0.05) is 42.5 Å². The molecule has 0 spiro atoms. The van der Waals surface area contributed by atoms with Crippen LogP contribution in [0.4, 0.5) is 5.69 Å². The van der Waals surface area contributed by atoms with Crippen LogP contribution in [0.1, 0.15) is 66.0 Å². The number of carbonyl (C=O) groups is 1. The van der Waals surface area contributed by atoms with Crippen molar-refractivity contribution in [2.24, 2.45) is 0 Å². The fourth-order valence-corrected chi connectivity index (χ4v) is 6.84. The standard InChI is InChI=1S/C37H39N3O3/c1-6-39(7-2)26-21-22-30(33(24-26)42-9-4)37(34-25(5)40(8-3)32-20-13-12-16-28(32)34)35-27(31-19-11-10-14-23-38-31)17-15-18-29(35)36(41)43-37/h10-24,38H,6-9H2,1-5H3. The van der Waals surface area contributed by atoms with Crippen molar-refractivity contribution in [1.82, 2.24) is 9.88 Å². The number of benzene rings is 3. The molecule has 1 aromatic heterocycles. The number of cyclic esters (lactones) is 1. The monoisotopic (exact) mass is 573 g/mol. The van der Waals surface area contributed by atoms with Crippen molar-refractivity contribution >= 4 is 28.3 Å². The Morgan fingerprint density at radius 2 is 1.70 bits per heavy atom. The second-order valence-corrected chi connectivity index (χ2v) is 10.8. The molecule has 4 aromatic rings. The summed E-state index contributed by atoms with van der Waals surface area (Å²) >= 11 is 0. The first-order valence-corrected chi connectivity index (χ1v) is 15.3. The van der Waals surface area contributed by atoms with Gasteiger partial charge in [-0.3, -0.25) is 0 Å². The summed E-state index contributed by atoms with van der Waals surface area (Å²) in [5.74, 6) is 0.359. The van der Waals surface area contributed by atoms with E-state index in [-0.39, 0.29) is 5.97 Å². The molecule has 0 bridgehead atoms. The van der Waals surface area contributed by atoms with Crippen molar-refractivity contribution in [3.63, 3.8) is 0 Å². The highest BCUT2D eigenvalue weighted by Crippen LogP contribution is 2.55. The Hall–Kier alpha value is -4.71. The predicted octanol–water partition coefficient (Wildman–Crippen LogP) is 7.69. The summed E-state index contributed by atoms with van der Waals surface area (Å²) in [6.07, 6.45) is 9.89. The predicted molar refractivity (Wildman–Crippen MR) is 175 cm³/mol. The number of fused-ring (bicyclic) bond motifs is 2. The first-order chi connectivity index (χ1) is 21.0. The van der Waals surface area contributed by atoms with Gasteiger partial charge in [-0.2, -0.15) is 0 Å². The number of allylic oxidation sites excluding steroid dienone is 4. The molecule has 6 rings (SSSR count). The molecule has 0 saturated carbocycles. The number of nitrogens with one attached hydrogen (secondary N) is 1. The Morgan fingerprint density at radius 1 is 0.907 bits per heavy atom. The van der Waals surface area contributed by atoms with Gasteiger partial charge in [0.2, 0.25) is 0 Å². The third kappa shape index (κ3) is 4.44. The topological polar surface area (TPSA) is 55.7 Å². The number of hydrogen-bond acceptors (Lipinski definition) is 5. The van der Waals surface area contributed by atoms with E-state index >= 15 is 0 Å². The van der Waals surface area contributed by atoms with Crippen molar-refractivity contribution in [3.8, 4) is 5.75 Å². The van der Waals surface area contributed by atoms with Crippen LogP contribution in [0.15, 0.2) is 91.2 Å². The lowest BCUT2D eigenvalue weighted by Gasteiger charge is -2.34. The van der Waals surface area contributed by atoms with Crippen molar-refractivity contribution in [2.45, 2.75) is 46.8 Å². The number of rotatable bonds is 9. The van der Waals surface area contributed by atoms with E-state index in [1.807, 2.05) is 49.6 Å². The lowest BCUT2D eigenvalue weighted by Crippen LogP contribution is -2.33. The summed E-state index contributed by atoms with van der Waals surface area (Å²) in [5.41, 5.74) is 6.91. The fraction of sp³-hybridized carbons (Fsp3) is 0.270. The van der Waals surface area contributed by atoms with Crippen LogP contribution in [0, 0.1) is 6.92 Å². The van der Waals surface area contributed by atoms with Gasteiger partial charge in [-0.25, -0.2) is 4.79 Å². The van der Waals surface area contributed by atoms with E-state index in [1.54, 1.807) is 0 Å². The molecule has 2 aliphatic heterocycles. The highest BCUT2D eigenvalue weighted by molar-refractivity contribution is 6.01. The molecule has 1 unspecified atom stereocenters. The zero-order chi connectivity index (χ0) is 30.1. The molecular weight excluding hydrogens is 534 g/mol. The maximum atomic E-state index is 14.0. The van der Waals surface area contributed by atoms with Crippen LogP contribution in [0.5, 0.6) is 5.75 Å². The van der Waals surface area contributed by atoms with E-state index in [1.165, 1.54) is 0 Å². The van der Waals surface area contributed by atoms with Crippen molar-refractivity contribution in [2.75, 3.05) is 24.6 Å². The van der Waals surface area contributed by atoms with Crippen LogP contribution in [0.25, 0.3) is 16.6 Å². The smallest absolute Gasteiger partial charge is 0.340 e. The second kappa shape index (κ2) is 11.5. The molecule has 1 atom stereocenters. The van der Waals surface area contributed by atoms with Gasteiger partial charge < -0.3 is 24.3 Å². The van der Waals surface area contributed by atoms with Crippen LogP contribution in [-0.4, -0.2) is 30.2 Å². The largest absolute Gasteiger partial charge is 0.493 e. The molecule has 3 heterocycles. The van der Waals surface area contributed by atoms with Gasteiger partial charge in [-0.05, 0) is 71.0 Å². The summed E-state index contributed by atoms with van der Waals surface area (Å²) in [6.45, 7) is 13.6. The van der Waals surface area contributed by atoms with Gasteiger partial charge in [0.05, 0.1) is 12.2 Å². The maximum Gasteiger partial charge on any atom is 0.340 e. The Bertz CT molecular complexity index is 1790. The molecule has 2 aliphatic rings. The number of nitrogens with zero attached hydrogens (tertiary/aromatic N) is 2. The van der Waals surface area contributed by atoms with Gasteiger partial charge >= 0.3 is 5.97 Å². The molecule has 0 saturated heterocycles. The van der Waals surface area contributed by atoms with E-state index in [2.05, 4.69) is 91.0 Å². The van der Waals surface area contributed by atoms with Crippen LogP contribution < -0.4 is 15.0 Å². The number of esters is 1. The van der Waals surface area contributed by atoms with Gasteiger partial charge in [0, 0.05) is 82.1 Å². The van der Waals surface area contributed by atoms with Gasteiger partial charge in [-0.15, -0.1) is 0 Å². The van der Waals surface area contributed by atoms with Crippen molar-refractivity contribution < 1.29 is 14.3 Å². The summed E-state index contributed by atoms with van der Waals surface area (Å²) < 4.78 is 15.5. The Labute approximate surface area is 253 Å². The zero-order valence-corrected chi connectivity index (χ0v) is 25.6. The Morgan fingerprint density at radius 3 is 2.47 bits per heavy atom. The third-order valence-electron chi connectivity index (χ3n) is 8.66. The molecule has 0 aliphatic carbocycles. The van der Waals surface area contributed by atoms with Crippen LogP contribution in [-0.2, 0) is 16.9 Å². The molecule has 6 heteroatoms. The molecule has 1 N–H and O–H groups in total. The van der Waals surface area contributed by atoms with Gasteiger partial charge in [0.25, 0.3) is 0 Å². The van der Waals surface area contributed by atoms with Crippen LogP contribution in [0.3, 0.4) is 0 Å². The highest BCUT2D eigenvalue weighted by atomic mass is 16.6. The minimum Gasteiger partial charge on any atom is -0.493 e. The number of aryl methyl sites for hydroxylation is 1. The zero-order valence-electron chi connectivity index (χ0n) is 25.6. The fourth-order valence-electron chi connectivity index (χ4n) is 6.84. The van der Waals surface area contributed by atoms with E-state index in [9.17, 15) is 4.79 Å². The lowest BCUT2D eigenvalue weighted by molar-refractivity contribution is 0.0245. The molecule has 43 heavy (non-hydrogen) atoms. The number of carbonyl (C=O) groups excluding carboxylic acids is 1. The summed E-state index contributed by atoms with van der Waals surface area (Å²) in [5, 5.41) is 4.49. The SMILES string of the molecule is CCOc1cc(N(CC)CC)ccc1C1(c2c(C)n(CC)c3ccccc23)OC(=O)c2cccc(C3=CC=CC=CN3)c21. The van der Waals surface area contributed by atoms with Crippen LogP contribution >= 0.6 is 0 Å². The number of aromatic nitrogens is 1. The number of hydrogen-bond donors (Lipinski definition) is 1. The van der Waals surface area contributed by atoms with Crippen molar-refractivity contribution in [3.05, 3.63) is 125 Å². The first kappa shape index (κ1) is 28.4. The van der Waals surface area contributed by atoms with Gasteiger partial charge in [0.15, 0.2) is 5.60 Å². The summed E-state index contributed by atoms with van der Waals surface area (Å²) in [7, 11) is 0. The average molecular weight is 574 g/mol. The lowest BCUT2D eigenvalue weighted by atomic mass is 9.75. The molecule has 0 fully saturated rings. The maximum absolute atomic E-state index is 14.0. The average Bonchev–Trinajstić information content (AvgIpc) is 3.31. The molecule has 0 amide bonds. The number of anilines is 1. The molecular formula is C37H39N3O3. The van der Waals surface area contributed by atoms with E-state index in [4.69, 9.17) is 9.47 Å². The van der Waals surface area contributed by atoms with Gasteiger partial charge in [0.1, 0.15) is 5.75 Å². The van der Waals surface area contributed by atoms with E-state index < -0.39 is 5.60 Å². The van der Waals surface area contributed by atoms with E-state index in [0.29, 0.717) is 17.9 Å². The third-order valence-corrected chi connectivity index (χ3v) is 8.66. The molecule has 0 radical (unpaired) electrons. The summed E-state index contributed by atoms with van der Waals surface area (Å²) in [4.78, 5) is 16.3. The van der Waals surface area contributed by atoms with Crippen molar-refractivity contribution in [1.29, 1.82) is 0 Å². The second-order valence-electron chi connectivity index (χ2n) is 10.8.